The van der Waals surface area contributed by atoms with Crippen LogP contribution in [0.15, 0.2) is 24.3 Å². The summed E-state index contributed by atoms with van der Waals surface area (Å²) in [5.74, 6) is 0. The summed E-state index contributed by atoms with van der Waals surface area (Å²) in [5.41, 5.74) is 0.994. The first kappa shape index (κ1) is 23.0. The van der Waals surface area contributed by atoms with Crippen molar-refractivity contribution in [2.24, 2.45) is 0 Å². The van der Waals surface area contributed by atoms with Crippen LogP contribution < -0.4 is 3.58 Å². The van der Waals surface area contributed by atoms with Gasteiger partial charge in [-0.3, -0.25) is 0 Å². The van der Waals surface area contributed by atoms with Crippen LogP contribution in [0.25, 0.3) is 0 Å². The van der Waals surface area contributed by atoms with Crippen LogP contribution in [-0.2, 0) is 20.9 Å². The van der Waals surface area contributed by atoms with Gasteiger partial charge in [0.15, 0.2) is 0 Å². The van der Waals surface area contributed by atoms with E-state index >= 15 is 0 Å². The molecule has 5 heteroatoms. The van der Waals surface area contributed by atoms with E-state index in [0.29, 0.717) is 0 Å². The van der Waals surface area contributed by atoms with Crippen molar-refractivity contribution in [1.82, 2.24) is 0 Å². The van der Waals surface area contributed by atoms with Crippen molar-refractivity contribution in [2.75, 3.05) is 6.26 Å². The molecular weight excluding hydrogens is 439 g/mol. The van der Waals surface area contributed by atoms with Gasteiger partial charge in [0, 0.05) is 0 Å². The van der Waals surface area contributed by atoms with Crippen LogP contribution in [0.4, 0.5) is 0 Å². The predicted molar refractivity (Wildman–Crippen MR) is 111 cm³/mol. The fourth-order valence-corrected chi connectivity index (χ4v) is 20.0. The zero-order valence-corrected chi connectivity index (χ0v) is 20.2. The standard InChI is InChI=1S/C8H9O3S.3C4H9.Sn/c1-12(9,10)11-7-8-5-3-2-4-6-8;3*1-3-4-2;/h2-3,5-6H,7H2,1H3;3*1,3-4H2,2H3;. The van der Waals surface area contributed by atoms with Crippen molar-refractivity contribution in [2.45, 2.75) is 79.2 Å². The number of unbranched alkanes of at least 4 members (excludes halogenated alkanes) is 3. The first-order valence-electron chi connectivity index (χ1n) is 9.80. The van der Waals surface area contributed by atoms with Crippen molar-refractivity contribution in [1.29, 1.82) is 0 Å². The molecule has 0 amide bonds. The second-order valence-electron chi connectivity index (χ2n) is 7.26. The molecule has 0 bridgehead atoms. The van der Waals surface area contributed by atoms with E-state index in [1.165, 1.54) is 51.8 Å². The number of rotatable bonds is 13. The van der Waals surface area contributed by atoms with Crippen molar-refractivity contribution < 1.29 is 12.6 Å². The third-order valence-electron chi connectivity index (χ3n) is 5.01. The van der Waals surface area contributed by atoms with E-state index < -0.39 is 28.5 Å². The summed E-state index contributed by atoms with van der Waals surface area (Å²) in [6.45, 7) is 7.01. The normalized spacial score (nSPS) is 12.5. The van der Waals surface area contributed by atoms with E-state index in [1.807, 2.05) is 6.07 Å². The predicted octanol–water partition coefficient (Wildman–Crippen LogP) is 5.22. The fourth-order valence-electron chi connectivity index (χ4n) is 3.52. The number of hydrogen-bond acceptors (Lipinski definition) is 3. The number of hydrogen-bond donors (Lipinski definition) is 0. The van der Waals surface area contributed by atoms with Crippen LogP contribution in [0.2, 0.25) is 13.3 Å². The summed E-state index contributed by atoms with van der Waals surface area (Å²) in [6.07, 6.45) is 8.87. The van der Waals surface area contributed by atoms with E-state index in [2.05, 4.69) is 39.0 Å². The second-order valence-corrected chi connectivity index (χ2v) is 22.1. The molecule has 1 aromatic carbocycles. The molecule has 0 fully saturated rings. The molecule has 0 saturated heterocycles. The Bertz CT molecular complexity index is 577. The summed E-state index contributed by atoms with van der Waals surface area (Å²) in [7, 11) is -3.40. The van der Waals surface area contributed by atoms with Crippen molar-refractivity contribution in [3.8, 4) is 0 Å². The summed E-state index contributed by atoms with van der Waals surface area (Å²) in [6, 6.07) is 8.68. The minimum atomic E-state index is -3.40. The van der Waals surface area contributed by atoms with Gasteiger partial charge in [0.05, 0.1) is 0 Å². The van der Waals surface area contributed by atoms with Crippen LogP contribution in [0.3, 0.4) is 0 Å². The average Bonchev–Trinajstić information content (AvgIpc) is 2.59. The Labute approximate surface area is 159 Å². The van der Waals surface area contributed by atoms with Gasteiger partial charge in [-0.2, -0.15) is 0 Å². The average molecular weight is 475 g/mol. The molecule has 0 atom stereocenters. The summed E-state index contributed by atoms with van der Waals surface area (Å²) >= 11 is -2.45. The van der Waals surface area contributed by atoms with Crippen LogP contribution in [0.5, 0.6) is 0 Å². The molecule has 1 aromatic rings. The molecule has 25 heavy (non-hydrogen) atoms. The van der Waals surface area contributed by atoms with Gasteiger partial charge in [-0.1, -0.05) is 0 Å². The zero-order chi connectivity index (χ0) is 18.8. The van der Waals surface area contributed by atoms with Crippen LogP contribution in [0, 0.1) is 0 Å². The van der Waals surface area contributed by atoms with Crippen molar-refractivity contribution in [3.05, 3.63) is 29.8 Å². The molecule has 0 unspecified atom stereocenters. The number of benzene rings is 1. The first-order chi connectivity index (χ1) is 11.9. The SMILES string of the molecule is CCC[CH2][Sn]([CH2]CCC)([CH2]CCC)[c]1cccc(COS(C)(=O)=O)c1. The van der Waals surface area contributed by atoms with Gasteiger partial charge in [-0.05, 0) is 0 Å². The summed E-state index contributed by atoms with van der Waals surface area (Å²) in [5, 5.41) is 0. The molecule has 0 saturated carbocycles. The fraction of sp³-hybridized carbons (Fsp3) is 0.700. The Kier molecular flexibility index (Phi) is 10.7. The van der Waals surface area contributed by atoms with Gasteiger partial charge < -0.3 is 0 Å². The molecule has 0 aliphatic heterocycles. The molecule has 0 aromatic heterocycles. The van der Waals surface area contributed by atoms with E-state index in [0.717, 1.165) is 11.8 Å². The Morgan fingerprint density at radius 3 is 1.88 bits per heavy atom. The quantitative estimate of drug-likeness (QED) is 0.290. The Morgan fingerprint density at radius 1 is 0.920 bits per heavy atom. The van der Waals surface area contributed by atoms with Crippen LogP contribution >= 0.6 is 0 Å². The van der Waals surface area contributed by atoms with E-state index in [1.54, 1.807) is 3.58 Å². The van der Waals surface area contributed by atoms with E-state index in [-0.39, 0.29) is 6.61 Å². The van der Waals surface area contributed by atoms with Crippen molar-refractivity contribution in [3.63, 3.8) is 0 Å². The van der Waals surface area contributed by atoms with Gasteiger partial charge in [-0.15, -0.1) is 0 Å². The van der Waals surface area contributed by atoms with Gasteiger partial charge in [0.2, 0.25) is 0 Å². The molecule has 144 valence electrons. The van der Waals surface area contributed by atoms with Gasteiger partial charge in [0.25, 0.3) is 0 Å². The molecule has 0 aliphatic rings. The Morgan fingerprint density at radius 2 is 1.44 bits per heavy atom. The second kappa shape index (κ2) is 11.6. The maximum absolute atomic E-state index is 11.3. The molecule has 0 N–H and O–H groups in total. The Hall–Kier alpha value is -0.0713. The van der Waals surface area contributed by atoms with Crippen LogP contribution in [0.1, 0.15) is 64.9 Å². The van der Waals surface area contributed by atoms with E-state index in [4.69, 9.17) is 4.18 Å². The minimum absolute atomic E-state index is 0.157. The molecule has 0 spiro atoms. The zero-order valence-electron chi connectivity index (χ0n) is 16.5. The Balaban J connectivity index is 3.12. The summed E-state index contributed by atoms with van der Waals surface area (Å²) in [4.78, 5) is 0. The molecule has 3 nitrogen and oxygen atoms in total. The van der Waals surface area contributed by atoms with Gasteiger partial charge in [-0.25, -0.2) is 0 Å². The molecule has 0 heterocycles. The summed E-state index contributed by atoms with van der Waals surface area (Å²) < 4.78 is 33.4. The molecule has 0 aliphatic carbocycles. The first-order valence-corrected chi connectivity index (χ1v) is 19.1. The van der Waals surface area contributed by atoms with Gasteiger partial charge >= 0.3 is 160 Å². The third-order valence-corrected chi connectivity index (χ3v) is 21.2. The molecule has 0 radical (unpaired) electrons. The topological polar surface area (TPSA) is 43.4 Å². The molecule has 1 rings (SSSR count). The molecular formula is C20H36O3SSn. The monoisotopic (exact) mass is 476 g/mol. The van der Waals surface area contributed by atoms with Gasteiger partial charge in [0.1, 0.15) is 0 Å². The van der Waals surface area contributed by atoms with E-state index in [9.17, 15) is 8.42 Å². The third kappa shape index (κ3) is 8.44. The van der Waals surface area contributed by atoms with Crippen molar-refractivity contribution >= 4 is 32.1 Å². The maximum atomic E-state index is 11.3. The van der Waals surface area contributed by atoms with Crippen LogP contribution in [-0.4, -0.2) is 33.1 Å².